The van der Waals surface area contributed by atoms with Crippen molar-refractivity contribution in [3.8, 4) is 0 Å². The van der Waals surface area contributed by atoms with E-state index in [0.29, 0.717) is 5.41 Å². The van der Waals surface area contributed by atoms with E-state index in [0.717, 1.165) is 55.9 Å². The molecule has 1 aliphatic rings. The summed E-state index contributed by atoms with van der Waals surface area (Å²) in [6, 6.07) is 0. The van der Waals surface area contributed by atoms with Gasteiger partial charge >= 0.3 is 0 Å². The fourth-order valence-electron chi connectivity index (χ4n) is 2.61. The Hall–Kier alpha value is -1.14. The number of aromatic nitrogens is 1. The minimum Gasteiger partial charge on any atom is -0.382 e. The van der Waals surface area contributed by atoms with Gasteiger partial charge < -0.3 is 15.0 Å². The number of aliphatic imine (C=N–C) groups is 1. The van der Waals surface area contributed by atoms with Gasteiger partial charge in [-0.05, 0) is 45.4 Å². The smallest absolute Gasteiger partial charge is 0.194 e. The average Bonchev–Trinajstić information content (AvgIpc) is 3.18. The molecule has 1 aromatic rings. The minimum absolute atomic E-state index is 0.383. The van der Waals surface area contributed by atoms with Crippen molar-refractivity contribution >= 4 is 17.3 Å². The molecule has 1 saturated carbocycles. The summed E-state index contributed by atoms with van der Waals surface area (Å²) < 4.78 is 5.51. The van der Waals surface area contributed by atoms with Crippen LogP contribution >= 0.6 is 11.3 Å². The molecule has 0 aromatic carbocycles. The Morgan fingerprint density at radius 1 is 1.48 bits per heavy atom. The number of rotatable bonds is 9. The van der Waals surface area contributed by atoms with Crippen molar-refractivity contribution in [3.63, 3.8) is 0 Å². The number of hydrogen-bond donors (Lipinski definition) is 1. The highest BCUT2D eigenvalue weighted by atomic mass is 32.1. The van der Waals surface area contributed by atoms with Crippen LogP contribution in [0, 0.1) is 12.3 Å². The fourth-order valence-corrected chi connectivity index (χ4v) is 3.21. The Kier molecular flexibility index (Phi) is 6.84. The van der Waals surface area contributed by atoms with Crippen molar-refractivity contribution in [1.29, 1.82) is 0 Å². The molecule has 0 aliphatic heterocycles. The van der Waals surface area contributed by atoms with Crippen molar-refractivity contribution in [2.24, 2.45) is 10.4 Å². The number of aryl methyl sites for hydroxylation is 1. The van der Waals surface area contributed by atoms with E-state index in [4.69, 9.17) is 9.73 Å². The molecule has 0 radical (unpaired) electrons. The zero-order valence-electron chi connectivity index (χ0n) is 14.9. The van der Waals surface area contributed by atoms with Crippen LogP contribution in [0.1, 0.15) is 43.8 Å². The molecule has 1 heterocycles. The van der Waals surface area contributed by atoms with Gasteiger partial charge in [-0.3, -0.25) is 4.99 Å². The van der Waals surface area contributed by atoms with Gasteiger partial charge in [0.25, 0.3) is 0 Å². The maximum absolute atomic E-state index is 5.51. The average molecular weight is 339 g/mol. The largest absolute Gasteiger partial charge is 0.382 e. The minimum atomic E-state index is 0.383. The zero-order chi connectivity index (χ0) is 16.7. The quantitative estimate of drug-likeness (QED) is 0.427. The van der Waals surface area contributed by atoms with E-state index in [-0.39, 0.29) is 0 Å². The molecule has 0 saturated heterocycles. The third kappa shape index (κ3) is 5.77. The number of thiazole rings is 1. The summed E-state index contributed by atoms with van der Waals surface area (Å²) in [6.07, 6.45) is 3.68. The summed E-state index contributed by atoms with van der Waals surface area (Å²) in [5, 5.41) is 6.64. The lowest BCUT2D eigenvalue weighted by Gasteiger charge is -2.22. The molecule has 6 heteroatoms. The molecule has 2 rings (SSSR count). The topological polar surface area (TPSA) is 49.8 Å². The molecule has 0 unspecified atom stereocenters. The molecular weight excluding hydrogens is 308 g/mol. The Bertz CT molecular complexity index is 510. The second-order valence-corrected chi connectivity index (χ2v) is 7.39. The van der Waals surface area contributed by atoms with E-state index in [1.807, 2.05) is 6.92 Å². The summed E-state index contributed by atoms with van der Waals surface area (Å²) in [5.74, 6) is 0.973. The maximum atomic E-state index is 5.51. The molecule has 130 valence electrons. The standard InChI is InChI=1S/C17H30N4OS/c1-5-18-16(21(4)11-15-12-23-14(3)20-15)19-13-17(7-8-17)9-10-22-6-2/h12H,5-11,13H2,1-4H3,(H,18,19). The monoisotopic (exact) mass is 338 g/mol. The van der Waals surface area contributed by atoms with Crippen LogP contribution in [0.5, 0.6) is 0 Å². The van der Waals surface area contributed by atoms with Crippen LogP contribution in [-0.2, 0) is 11.3 Å². The van der Waals surface area contributed by atoms with E-state index in [9.17, 15) is 0 Å². The number of nitrogens with zero attached hydrogens (tertiary/aromatic N) is 3. The fraction of sp³-hybridized carbons (Fsp3) is 0.765. The third-order valence-electron chi connectivity index (χ3n) is 4.26. The first kappa shape index (κ1) is 18.2. The molecule has 5 nitrogen and oxygen atoms in total. The lowest BCUT2D eigenvalue weighted by molar-refractivity contribution is 0.129. The Morgan fingerprint density at radius 2 is 2.26 bits per heavy atom. The van der Waals surface area contributed by atoms with E-state index in [1.165, 1.54) is 12.8 Å². The highest BCUT2D eigenvalue weighted by Crippen LogP contribution is 2.49. The Balaban J connectivity index is 1.91. The van der Waals surface area contributed by atoms with Gasteiger partial charge in [0.1, 0.15) is 0 Å². The van der Waals surface area contributed by atoms with Crippen LogP contribution in [0.4, 0.5) is 0 Å². The molecule has 0 amide bonds. The van der Waals surface area contributed by atoms with Gasteiger partial charge in [-0.25, -0.2) is 4.98 Å². The van der Waals surface area contributed by atoms with Gasteiger partial charge in [-0.2, -0.15) is 0 Å². The van der Waals surface area contributed by atoms with Crippen LogP contribution < -0.4 is 5.32 Å². The molecule has 1 aromatic heterocycles. The molecule has 23 heavy (non-hydrogen) atoms. The highest BCUT2D eigenvalue weighted by Gasteiger charge is 2.42. The second-order valence-electron chi connectivity index (χ2n) is 6.33. The predicted octanol–water partition coefficient (Wildman–Crippen LogP) is 3.06. The summed E-state index contributed by atoms with van der Waals surface area (Å²) in [6.45, 7) is 10.4. The third-order valence-corrected chi connectivity index (χ3v) is 5.09. The normalized spacial score (nSPS) is 16.4. The SMILES string of the molecule is CCNC(=NCC1(CCOCC)CC1)N(C)Cc1csc(C)n1. The predicted molar refractivity (Wildman–Crippen MR) is 97.1 cm³/mol. The summed E-state index contributed by atoms with van der Waals surface area (Å²) in [5.41, 5.74) is 1.49. The van der Waals surface area contributed by atoms with Crippen LogP contribution in [0.3, 0.4) is 0 Å². The van der Waals surface area contributed by atoms with Crippen molar-refractivity contribution in [2.45, 2.75) is 46.6 Å². The van der Waals surface area contributed by atoms with Crippen LogP contribution in [0.25, 0.3) is 0 Å². The molecule has 1 N–H and O–H groups in total. The van der Waals surface area contributed by atoms with Crippen LogP contribution in [-0.4, -0.2) is 49.2 Å². The lowest BCUT2D eigenvalue weighted by Crippen LogP contribution is -2.39. The van der Waals surface area contributed by atoms with Gasteiger partial charge in [0.05, 0.1) is 17.2 Å². The first-order valence-electron chi connectivity index (χ1n) is 8.57. The number of ether oxygens (including phenoxy) is 1. The molecular formula is C17H30N4OS. The molecule has 0 atom stereocenters. The molecule has 1 aliphatic carbocycles. The van der Waals surface area contributed by atoms with Gasteiger partial charge in [0, 0.05) is 38.7 Å². The van der Waals surface area contributed by atoms with Gasteiger partial charge in [0.2, 0.25) is 0 Å². The summed E-state index contributed by atoms with van der Waals surface area (Å²) in [4.78, 5) is 11.6. The Labute approximate surface area is 144 Å². The van der Waals surface area contributed by atoms with Gasteiger partial charge in [-0.15, -0.1) is 11.3 Å². The lowest BCUT2D eigenvalue weighted by atomic mass is 10.0. The van der Waals surface area contributed by atoms with Gasteiger partial charge in [0.15, 0.2) is 5.96 Å². The summed E-state index contributed by atoms with van der Waals surface area (Å²) in [7, 11) is 2.08. The zero-order valence-corrected chi connectivity index (χ0v) is 15.7. The number of hydrogen-bond acceptors (Lipinski definition) is 4. The van der Waals surface area contributed by atoms with E-state index >= 15 is 0 Å². The van der Waals surface area contributed by atoms with E-state index in [2.05, 4.69) is 41.5 Å². The number of nitrogens with one attached hydrogen (secondary N) is 1. The van der Waals surface area contributed by atoms with Gasteiger partial charge in [-0.1, -0.05) is 0 Å². The first-order valence-corrected chi connectivity index (χ1v) is 9.45. The van der Waals surface area contributed by atoms with Crippen molar-refractivity contribution in [1.82, 2.24) is 15.2 Å². The molecule has 1 fully saturated rings. The van der Waals surface area contributed by atoms with E-state index < -0.39 is 0 Å². The molecule has 0 bridgehead atoms. The second kappa shape index (κ2) is 8.64. The maximum Gasteiger partial charge on any atom is 0.194 e. The van der Waals surface area contributed by atoms with E-state index in [1.54, 1.807) is 11.3 Å². The Morgan fingerprint density at radius 3 is 2.83 bits per heavy atom. The van der Waals surface area contributed by atoms with Crippen LogP contribution in [0.15, 0.2) is 10.4 Å². The van der Waals surface area contributed by atoms with Crippen molar-refractivity contribution in [2.75, 3.05) is 33.4 Å². The first-order chi connectivity index (χ1) is 11.1. The highest BCUT2D eigenvalue weighted by molar-refractivity contribution is 7.09. The summed E-state index contributed by atoms with van der Waals surface area (Å²) >= 11 is 1.70. The van der Waals surface area contributed by atoms with Crippen molar-refractivity contribution < 1.29 is 4.74 Å². The van der Waals surface area contributed by atoms with Crippen molar-refractivity contribution in [3.05, 3.63) is 16.1 Å². The molecule has 0 spiro atoms. The van der Waals surface area contributed by atoms with Crippen LogP contribution in [0.2, 0.25) is 0 Å². The number of guanidine groups is 1.